The van der Waals surface area contributed by atoms with E-state index < -0.39 is 0 Å². The Balaban J connectivity index is 1.21. The van der Waals surface area contributed by atoms with Crippen LogP contribution in [0.1, 0.15) is 77.0 Å². The minimum Gasteiger partial charge on any atom is -0.342 e. The molecular weight excluding hydrogens is 308 g/mol. The van der Waals surface area contributed by atoms with E-state index in [1.165, 1.54) is 90.1 Å². The molecule has 3 heteroatoms. The van der Waals surface area contributed by atoms with Crippen LogP contribution in [0.3, 0.4) is 0 Å². The third-order valence-corrected chi connectivity index (χ3v) is 8.40. The van der Waals surface area contributed by atoms with Gasteiger partial charge in [-0.05, 0) is 95.1 Å². The highest BCUT2D eigenvalue weighted by Crippen LogP contribution is 2.60. The van der Waals surface area contributed by atoms with Crippen molar-refractivity contribution in [3.63, 3.8) is 0 Å². The largest absolute Gasteiger partial charge is 0.342 e. The van der Waals surface area contributed by atoms with Gasteiger partial charge in [0, 0.05) is 19.1 Å². The van der Waals surface area contributed by atoms with Crippen LogP contribution in [-0.4, -0.2) is 47.9 Å². The van der Waals surface area contributed by atoms with Crippen molar-refractivity contribution in [3.8, 4) is 0 Å². The van der Waals surface area contributed by atoms with Gasteiger partial charge in [0.25, 0.3) is 0 Å². The summed E-state index contributed by atoms with van der Waals surface area (Å²) < 4.78 is 0. The Morgan fingerprint density at radius 1 is 0.720 bits per heavy atom. The molecule has 0 aromatic heterocycles. The lowest BCUT2D eigenvalue weighted by atomic mass is 9.49. The lowest BCUT2D eigenvalue weighted by Crippen LogP contribution is -2.56. The average molecular weight is 345 g/mol. The van der Waals surface area contributed by atoms with Crippen molar-refractivity contribution in [1.82, 2.24) is 9.80 Å². The molecule has 140 valence electrons. The van der Waals surface area contributed by atoms with Crippen molar-refractivity contribution in [2.45, 2.75) is 83.1 Å². The third-order valence-electron chi connectivity index (χ3n) is 8.40. The second kappa shape index (κ2) is 6.55. The second-order valence-electron chi connectivity index (χ2n) is 10.2. The zero-order valence-electron chi connectivity index (χ0n) is 15.9. The minimum absolute atomic E-state index is 0.0736. The number of rotatable bonds is 2. The van der Waals surface area contributed by atoms with Crippen LogP contribution in [0, 0.1) is 23.2 Å². The molecule has 0 aromatic carbocycles. The Bertz CT molecular complexity index is 465. The van der Waals surface area contributed by atoms with Gasteiger partial charge in [-0.15, -0.1) is 0 Å². The predicted octanol–water partition coefficient (Wildman–Crippen LogP) is 4.07. The second-order valence-corrected chi connectivity index (χ2v) is 10.2. The zero-order chi connectivity index (χ0) is 16.9. The highest BCUT2D eigenvalue weighted by Gasteiger charge is 2.55. The Morgan fingerprint density at radius 3 is 1.76 bits per heavy atom. The number of carbonyl (C=O) groups excluding carboxylic acids is 1. The van der Waals surface area contributed by atoms with Gasteiger partial charge in [-0.3, -0.25) is 4.79 Å². The first-order chi connectivity index (χ1) is 12.2. The zero-order valence-corrected chi connectivity index (χ0v) is 15.9. The number of amides is 1. The highest BCUT2D eigenvalue weighted by atomic mass is 16.2. The van der Waals surface area contributed by atoms with E-state index in [2.05, 4.69) is 9.80 Å². The summed E-state index contributed by atoms with van der Waals surface area (Å²) in [6.45, 7) is 4.66. The van der Waals surface area contributed by atoms with E-state index >= 15 is 0 Å². The maximum atomic E-state index is 13.5. The topological polar surface area (TPSA) is 23.6 Å². The fourth-order valence-electron chi connectivity index (χ4n) is 7.60. The van der Waals surface area contributed by atoms with Crippen molar-refractivity contribution in [3.05, 3.63) is 0 Å². The minimum atomic E-state index is 0.0736. The van der Waals surface area contributed by atoms with Crippen LogP contribution in [0.15, 0.2) is 0 Å². The third kappa shape index (κ3) is 3.05. The lowest BCUT2D eigenvalue weighted by Gasteiger charge is -2.57. The van der Waals surface area contributed by atoms with Gasteiger partial charge in [0.1, 0.15) is 0 Å². The first-order valence-electron chi connectivity index (χ1n) is 11.3. The fourth-order valence-corrected chi connectivity index (χ4v) is 7.60. The number of carbonyl (C=O) groups is 1. The lowest BCUT2D eigenvalue weighted by molar-refractivity contribution is -0.159. The number of hydrogen-bond acceptors (Lipinski definition) is 2. The summed E-state index contributed by atoms with van der Waals surface area (Å²) in [6.07, 6.45) is 16.0. The molecule has 4 saturated carbocycles. The highest BCUT2D eigenvalue weighted by molar-refractivity contribution is 5.83. The molecule has 0 atom stereocenters. The van der Waals surface area contributed by atoms with Gasteiger partial charge in [0.2, 0.25) is 5.91 Å². The molecule has 3 nitrogen and oxygen atoms in total. The van der Waals surface area contributed by atoms with E-state index in [0.717, 1.165) is 36.9 Å². The summed E-state index contributed by atoms with van der Waals surface area (Å²) in [7, 11) is 0. The van der Waals surface area contributed by atoms with Gasteiger partial charge < -0.3 is 9.80 Å². The molecule has 25 heavy (non-hydrogen) atoms. The summed E-state index contributed by atoms with van der Waals surface area (Å²) in [4.78, 5) is 18.5. The molecular formula is C22H36N2O. The predicted molar refractivity (Wildman–Crippen MR) is 100 cm³/mol. The molecule has 4 bridgehead atoms. The summed E-state index contributed by atoms with van der Waals surface area (Å²) in [5.41, 5.74) is 0.0736. The molecule has 0 unspecified atom stereocenters. The Labute approximate surface area is 153 Å². The quantitative estimate of drug-likeness (QED) is 0.754. The van der Waals surface area contributed by atoms with Crippen LogP contribution >= 0.6 is 0 Å². The number of piperidine rings is 1. The standard InChI is InChI=1S/C22H36N2O/c25-21(22-14-17-11-18(15-22)13-19(12-17)16-22)24-9-5-20(6-10-24)23-7-3-1-2-4-8-23/h17-20H,1-16H2. The summed E-state index contributed by atoms with van der Waals surface area (Å²) in [5.74, 6) is 3.21. The van der Waals surface area contributed by atoms with Crippen molar-refractivity contribution >= 4 is 5.91 Å². The number of likely N-dealkylation sites (tertiary alicyclic amines) is 2. The van der Waals surface area contributed by atoms with Crippen LogP contribution < -0.4 is 0 Å². The normalized spacial score (nSPS) is 42.6. The SMILES string of the molecule is O=C(N1CCC(N2CCCCCC2)CC1)C12CC3CC(CC(C3)C1)C2. The van der Waals surface area contributed by atoms with Crippen LogP contribution in [0.2, 0.25) is 0 Å². The maximum Gasteiger partial charge on any atom is 0.228 e. The van der Waals surface area contributed by atoms with Gasteiger partial charge in [0.05, 0.1) is 5.41 Å². The molecule has 0 radical (unpaired) electrons. The summed E-state index contributed by atoms with van der Waals surface area (Å²) in [5, 5.41) is 0. The van der Waals surface area contributed by atoms with E-state index in [1.807, 2.05) is 0 Å². The molecule has 0 N–H and O–H groups in total. The smallest absolute Gasteiger partial charge is 0.228 e. The van der Waals surface area contributed by atoms with Crippen molar-refractivity contribution in [2.24, 2.45) is 23.2 Å². The van der Waals surface area contributed by atoms with Gasteiger partial charge in [-0.25, -0.2) is 0 Å². The van der Waals surface area contributed by atoms with Crippen LogP contribution in [-0.2, 0) is 4.79 Å². The first kappa shape index (κ1) is 16.6. The van der Waals surface area contributed by atoms with E-state index in [-0.39, 0.29) is 5.41 Å². The van der Waals surface area contributed by atoms with Crippen molar-refractivity contribution < 1.29 is 4.79 Å². The Morgan fingerprint density at radius 2 is 1.24 bits per heavy atom. The molecule has 2 saturated heterocycles. The molecule has 6 rings (SSSR count). The summed E-state index contributed by atoms with van der Waals surface area (Å²) >= 11 is 0. The molecule has 6 fully saturated rings. The van der Waals surface area contributed by atoms with Crippen molar-refractivity contribution in [1.29, 1.82) is 0 Å². The van der Waals surface area contributed by atoms with Gasteiger partial charge in [0.15, 0.2) is 0 Å². The number of hydrogen-bond donors (Lipinski definition) is 0. The van der Waals surface area contributed by atoms with E-state index in [9.17, 15) is 4.79 Å². The van der Waals surface area contributed by atoms with Crippen molar-refractivity contribution in [2.75, 3.05) is 26.2 Å². The number of nitrogens with zero attached hydrogens (tertiary/aromatic N) is 2. The summed E-state index contributed by atoms with van der Waals surface area (Å²) in [6, 6.07) is 0.749. The Kier molecular flexibility index (Phi) is 4.35. The maximum absolute atomic E-state index is 13.5. The molecule has 0 aromatic rings. The monoisotopic (exact) mass is 344 g/mol. The van der Waals surface area contributed by atoms with Crippen LogP contribution in [0.5, 0.6) is 0 Å². The van der Waals surface area contributed by atoms with Crippen LogP contribution in [0.25, 0.3) is 0 Å². The molecule has 1 amide bonds. The fraction of sp³-hybridized carbons (Fsp3) is 0.955. The molecule has 2 aliphatic heterocycles. The van der Waals surface area contributed by atoms with E-state index in [1.54, 1.807) is 0 Å². The average Bonchev–Trinajstić information content (AvgIpc) is 2.89. The Hall–Kier alpha value is -0.570. The molecule has 6 aliphatic rings. The van der Waals surface area contributed by atoms with E-state index in [4.69, 9.17) is 0 Å². The molecule has 4 aliphatic carbocycles. The van der Waals surface area contributed by atoms with Gasteiger partial charge >= 0.3 is 0 Å². The molecule has 0 spiro atoms. The van der Waals surface area contributed by atoms with Crippen LogP contribution in [0.4, 0.5) is 0 Å². The van der Waals surface area contributed by atoms with E-state index in [0.29, 0.717) is 5.91 Å². The van der Waals surface area contributed by atoms with Gasteiger partial charge in [-0.1, -0.05) is 12.8 Å². The molecule has 2 heterocycles. The van der Waals surface area contributed by atoms with Gasteiger partial charge in [-0.2, -0.15) is 0 Å². The first-order valence-corrected chi connectivity index (χ1v) is 11.3.